The molecule has 1 amide bonds. The molecule has 0 saturated carbocycles. The van der Waals surface area contributed by atoms with Crippen molar-refractivity contribution in [2.45, 2.75) is 64.8 Å². The van der Waals surface area contributed by atoms with Gasteiger partial charge in [-0.05, 0) is 55.2 Å². The predicted octanol–water partition coefficient (Wildman–Crippen LogP) is 5.92. The Labute approximate surface area is 229 Å². The zero-order chi connectivity index (χ0) is 27.2. The zero-order valence-electron chi connectivity index (χ0n) is 22.8. The van der Waals surface area contributed by atoms with Crippen LogP contribution in [0.15, 0.2) is 79.0 Å². The van der Waals surface area contributed by atoms with Gasteiger partial charge in [0.1, 0.15) is 11.3 Å². The molecule has 5 rings (SSSR count). The molecule has 4 aromatic rings. The van der Waals surface area contributed by atoms with Crippen LogP contribution in [0.5, 0.6) is 0 Å². The first-order valence-electron chi connectivity index (χ1n) is 13.4. The summed E-state index contributed by atoms with van der Waals surface area (Å²) >= 11 is 0. The van der Waals surface area contributed by atoms with Crippen molar-refractivity contribution in [2.24, 2.45) is 0 Å². The average Bonchev–Trinajstić information content (AvgIpc) is 3.40. The smallest absolute Gasteiger partial charge is 0.410 e. The number of nitrogens with zero attached hydrogens (tertiary/aromatic N) is 4. The van der Waals surface area contributed by atoms with Gasteiger partial charge >= 0.3 is 6.09 Å². The van der Waals surface area contributed by atoms with E-state index in [-0.39, 0.29) is 18.2 Å². The molecule has 1 saturated heterocycles. The monoisotopic (exact) mass is 528 g/mol. The normalized spacial score (nSPS) is 17.9. The molecule has 0 bridgehead atoms. The van der Waals surface area contributed by atoms with Gasteiger partial charge in [-0.2, -0.15) is 0 Å². The van der Waals surface area contributed by atoms with Crippen molar-refractivity contribution in [3.63, 3.8) is 0 Å². The van der Waals surface area contributed by atoms with E-state index in [1.807, 2.05) is 74.1 Å². The summed E-state index contributed by atoms with van der Waals surface area (Å²) in [6.45, 7) is 7.90. The Hall–Kier alpha value is -3.75. The Morgan fingerprint density at radius 3 is 2.49 bits per heavy atom. The van der Waals surface area contributed by atoms with E-state index in [9.17, 15) is 4.79 Å². The van der Waals surface area contributed by atoms with Crippen LogP contribution in [0.4, 0.5) is 4.79 Å². The third kappa shape index (κ3) is 7.22. The third-order valence-corrected chi connectivity index (χ3v) is 6.71. The summed E-state index contributed by atoms with van der Waals surface area (Å²) < 4.78 is 19.8. The van der Waals surface area contributed by atoms with Gasteiger partial charge < -0.3 is 19.1 Å². The fourth-order valence-corrected chi connectivity index (χ4v) is 4.78. The van der Waals surface area contributed by atoms with Crippen LogP contribution in [0.2, 0.25) is 0 Å². The quantitative estimate of drug-likeness (QED) is 0.283. The van der Waals surface area contributed by atoms with Gasteiger partial charge in [-0.25, -0.2) is 9.48 Å². The highest BCUT2D eigenvalue weighted by Crippen LogP contribution is 2.28. The van der Waals surface area contributed by atoms with Crippen LogP contribution in [-0.2, 0) is 34.0 Å². The fraction of sp³-hybridized carbons (Fsp3) is 0.387. The number of aromatic nitrogens is 3. The van der Waals surface area contributed by atoms with Gasteiger partial charge in [-0.3, -0.25) is 0 Å². The van der Waals surface area contributed by atoms with Crippen LogP contribution in [0.25, 0.3) is 10.8 Å². The van der Waals surface area contributed by atoms with Crippen LogP contribution < -0.4 is 0 Å². The van der Waals surface area contributed by atoms with E-state index in [1.165, 1.54) is 10.8 Å². The molecule has 3 aromatic carbocycles. The van der Waals surface area contributed by atoms with Gasteiger partial charge in [0.2, 0.25) is 0 Å². The summed E-state index contributed by atoms with van der Waals surface area (Å²) in [6, 6.07) is 24.6. The van der Waals surface area contributed by atoms with Crippen molar-refractivity contribution in [3.05, 3.63) is 95.8 Å². The van der Waals surface area contributed by atoms with Gasteiger partial charge in [-0.15, -0.1) is 5.10 Å². The minimum Gasteiger partial charge on any atom is -0.444 e. The lowest BCUT2D eigenvalue weighted by molar-refractivity contribution is -0.0517. The van der Waals surface area contributed by atoms with Gasteiger partial charge in [0.15, 0.2) is 0 Å². The lowest BCUT2D eigenvalue weighted by Gasteiger charge is -2.38. The SMILES string of the molecule is CC(C)(C)OC(=O)N1CCC(n2cc(COCc3ccccc3)nn2)C(OCc2ccc3ccccc3c2)C1. The summed E-state index contributed by atoms with van der Waals surface area (Å²) in [5.41, 5.74) is 2.39. The number of fused-ring (bicyclic) bond motifs is 1. The molecule has 0 N–H and O–H groups in total. The highest BCUT2D eigenvalue weighted by Gasteiger charge is 2.36. The summed E-state index contributed by atoms with van der Waals surface area (Å²) in [5.74, 6) is 0. The molecule has 204 valence electrons. The van der Waals surface area contributed by atoms with Gasteiger partial charge in [-0.1, -0.05) is 71.9 Å². The highest BCUT2D eigenvalue weighted by atomic mass is 16.6. The van der Waals surface area contributed by atoms with E-state index in [4.69, 9.17) is 14.2 Å². The number of likely N-dealkylation sites (tertiary alicyclic amines) is 1. The minimum absolute atomic E-state index is 0.0699. The zero-order valence-corrected chi connectivity index (χ0v) is 22.8. The first-order chi connectivity index (χ1) is 18.8. The van der Waals surface area contributed by atoms with E-state index in [1.54, 1.807) is 4.90 Å². The molecular formula is C31H36N4O4. The molecule has 1 fully saturated rings. The summed E-state index contributed by atoms with van der Waals surface area (Å²) in [5, 5.41) is 11.1. The third-order valence-electron chi connectivity index (χ3n) is 6.71. The number of benzene rings is 3. The number of hydrogen-bond donors (Lipinski definition) is 0. The van der Waals surface area contributed by atoms with Crippen molar-refractivity contribution in [3.8, 4) is 0 Å². The van der Waals surface area contributed by atoms with Crippen LogP contribution in [0.3, 0.4) is 0 Å². The molecule has 8 nitrogen and oxygen atoms in total. The molecule has 0 spiro atoms. The number of carbonyl (C=O) groups is 1. The number of amides is 1. The van der Waals surface area contributed by atoms with Gasteiger partial charge in [0.05, 0.1) is 44.7 Å². The summed E-state index contributed by atoms with van der Waals surface area (Å²) in [4.78, 5) is 14.6. The molecule has 1 aromatic heterocycles. The first-order valence-corrected chi connectivity index (χ1v) is 13.4. The second-order valence-corrected chi connectivity index (χ2v) is 11.0. The number of piperidine rings is 1. The highest BCUT2D eigenvalue weighted by molar-refractivity contribution is 5.82. The largest absolute Gasteiger partial charge is 0.444 e. The van der Waals surface area contributed by atoms with Gasteiger partial charge in [0, 0.05) is 6.54 Å². The Kier molecular flexibility index (Phi) is 8.24. The van der Waals surface area contributed by atoms with Crippen molar-refractivity contribution in [2.75, 3.05) is 13.1 Å². The summed E-state index contributed by atoms with van der Waals surface area (Å²) in [6.07, 6.45) is 1.99. The van der Waals surface area contributed by atoms with Gasteiger partial charge in [0.25, 0.3) is 0 Å². The van der Waals surface area contributed by atoms with Crippen molar-refractivity contribution in [1.29, 1.82) is 0 Å². The molecule has 1 aliphatic heterocycles. The van der Waals surface area contributed by atoms with Crippen LogP contribution in [0.1, 0.15) is 50.1 Å². The van der Waals surface area contributed by atoms with Crippen molar-refractivity contribution in [1.82, 2.24) is 19.9 Å². The fourth-order valence-electron chi connectivity index (χ4n) is 4.78. The molecule has 1 aliphatic rings. The lowest BCUT2D eigenvalue weighted by Crippen LogP contribution is -2.49. The Balaban J connectivity index is 1.27. The molecule has 0 radical (unpaired) electrons. The molecular weight excluding hydrogens is 492 g/mol. The topological polar surface area (TPSA) is 78.7 Å². The first kappa shape index (κ1) is 26.8. The average molecular weight is 529 g/mol. The molecule has 2 atom stereocenters. The van der Waals surface area contributed by atoms with Crippen molar-refractivity contribution >= 4 is 16.9 Å². The second kappa shape index (κ2) is 12.0. The maximum Gasteiger partial charge on any atom is 0.410 e. The maximum absolute atomic E-state index is 12.9. The Bertz CT molecular complexity index is 1380. The van der Waals surface area contributed by atoms with E-state index in [2.05, 4.69) is 40.6 Å². The van der Waals surface area contributed by atoms with E-state index in [0.717, 1.165) is 16.8 Å². The van der Waals surface area contributed by atoms with Crippen molar-refractivity contribution < 1.29 is 19.0 Å². The second-order valence-electron chi connectivity index (χ2n) is 11.0. The Morgan fingerprint density at radius 2 is 1.69 bits per heavy atom. The van der Waals surface area contributed by atoms with E-state index < -0.39 is 5.60 Å². The molecule has 39 heavy (non-hydrogen) atoms. The number of carbonyl (C=O) groups excluding carboxylic acids is 1. The lowest BCUT2D eigenvalue weighted by atomic mass is 10.0. The van der Waals surface area contributed by atoms with Crippen LogP contribution in [0, 0.1) is 0 Å². The number of hydrogen-bond acceptors (Lipinski definition) is 6. The van der Waals surface area contributed by atoms with E-state index >= 15 is 0 Å². The summed E-state index contributed by atoms with van der Waals surface area (Å²) in [7, 11) is 0. The minimum atomic E-state index is -0.560. The molecule has 2 unspecified atom stereocenters. The number of rotatable bonds is 8. The Morgan fingerprint density at radius 1 is 0.923 bits per heavy atom. The van der Waals surface area contributed by atoms with Crippen LogP contribution in [-0.4, -0.2) is 50.8 Å². The molecule has 8 heteroatoms. The van der Waals surface area contributed by atoms with E-state index in [0.29, 0.717) is 39.3 Å². The number of ether oxygens (including phenoxy) is 3. The van der Waals surface area contributed by atoms with Crippen LogP contribution >= 0.6 is 0 Å². The predicted molar refractivity (Wildman–Crippen MR) is 149 cm³/mol. The molecule has 2 heterocycles. The maximum atomic E-state index is 12.9. The standard InChI is InChI=1S/C31H36N4O4/c1-31(2,3)39-30(36)34-16-15-28(35-18-27(32-33-35)22-37-20-23-9-5-4-6-10-23)29(19-34)38-21-24-13-14-25-11-7-8-12-26(25)17-24/h4-14,17-18,28-29H,15-16,19-22H2,1-3H3. The molecule has 0 aliphatic carbocycles.